The Bertz CT molecular complexity index is 535. The Kier molecular flexibility index (Phi) is 4.94. The Morgan fingerprint density at radius 3 is 1.52 bits per heavy atom. The average molecular weight is 408 g/mol. The SMILES string of the molecule is O=C(F)OC(F)(F)C(F)(F)O[C@]1(F)OC(F)(F)O[C@]1(F)OC(F)(F)F. The largest absolute Gasteiger partial charge is 0.527 e. The lowest BCUT2D eigenvalue weighted by atomic mass is 10.5. The van der Waals surface area contributed by atoms with Crippen molar-refractivity contribution in [3.8, 4) is 0 Å². The minimum atomic E-state index is -6.76. The zero-order valence-electron chi connectivity index (χ0n) is 10.5. The summed E-state index contributed by atoms with van der Waals surface area (Å²) in [4.78, 5) is 9.57. The lowest BCUT2D eigenvalue weighted by molar-refractivity contribution is -0.553. The average Bonchev–Trinajstić information content (AvgIpc) is 2.35. The highest BCUT2D eigenvalue weighted by Crippen LogP contribution is 2.54. The van der Waals surface area contributed by atoms with Gasteiger partial charge >= 0.3 is 43.2 Å². The number of rotatable bonds is 5. The molecular weight excluding hydrogens is 408 g/mol. The van der Waals surface area contributed by atoms with Crippen LogP contribution in [0, 0.1) is 0 Å². The molecule has 25 heavy (non-hydrogen) atoms. The molecule has 0 aromatic rings. The Morgan fingerprint density at radius 1 is 0.760 bits per heavy atom. The molecular formula is C7F12O6. The highest BCUT2D eigenvalue weighted by atomic mass is 19.4. The van der Waals surface area contributed by atoms with Gasteiger partial charge in [-0.2, -0.15) is 26.3 Å². The van der Waals surface area contributed by atoms with Gasteiger partial charge in [-0.25, -0.2) is 23.7 Å². The van der Waals surface area contributed by atoms with Gasteiger partial charge in [-0.1, -0.05) is 0 Å². The molecule has 1 aliphatic rings. The van der Waals surface area contributed by atoms with Crippen molar-refractivity contribution in [1.82, 2.24) is 0 Å². The maximum atomic E-state index is 13.7. The fraction of sp³-hybridized carbons (Fsp3) is 0.857. The summed E-state index contributed by atoms with van der Waals surface area (Å²) in [5.74, 6) is 0. The quantitative estimate of drug-likeness (QED) is 0.511. The summed E-state index contributed by atoms with van der Waals surface area (Å²) >= 11 is 0. The third-order valence-electron chi connectivity index (χ3n) is 1.91. The van der Waals surface area contributed by atoms with Crippen LogP contribution in [0.15, 0.2) is 0 Å². The van der Waals surface area contributed by atoms with E-state index in [9.17, 15) is 57.5 Å². The molecule has 0 aromatic heterocycles. The number of alkyl halides is 11. The van der Waals surface area contributed by atoms with E-state index in [1.807, 2.05) is 9.47 Å². The van der Waals surface area contributed by atoms with Crippen LogP contribution in [0.2, 0.25) is 0 Å². The van der Waals surface area contributed by atoms with Gasteiger partial charge in [0.05, 0.1) is 0 Å². The Balaban J connectivity index is 3.24. The van der Waals surface area contributed by atoms with Crippen molar-refractivity contribution >= 4 is 6.22 Å². The van der Waals surface area contributed by atoms with Gasteiger partial charge in [0.1, 0.15) is 0 Å². The van der Waals surface area contributed by atoms with Crippen LogP contribution in [0.5, 0.6) is 0 Å². The molecule has 0 unspecified atom stereocenters. The van der Waals surface area contributed by atoms with Crippen LogP contribution in [0.25, 0.3) is 0 Å². The van der Waals surface area contributed by atoms with Crippen molar-refractivity contribution in [3.63, 3.8) is 0 Å². The molecule has 2 atom stereocenters. The number of carbonyl (C=O) groups excluding carboxylic acids is 1. The first-order valence-electron chi connectivity index (χ1n) is 5.01. The third-order valence-corrected chi connectivity index (χ3v) is 1.91. The standard InChI is InChI=1S/C7F12O6/c8-1(20)21-2(9,10)3(11,12)22-4(13)5(14,23-6(15,16)17)25-7(18,19)24-4/t4-,5+/m0/s1. The van der Waals surface area contributed by atoms with E-state index >= 15 is 0 Å². The van der Waals surface area contributed by atoms with Gasteiger partial charge in [-0.05, 0) is 0 Å². The molecule has 1 heterocycles. The van der Waals surface area contributed by atoms with Crippen LogP contribution < -0.4 is 0 Å². The maximum Gasteiger partial charge on any atom is 0.527 e. The van der Waals surface area contributed by atoms with Gasteiger partial charge in [0.2, 0.25) is 0 Å². The molecule has 18 heteroatoms. The van der Waals surface area contributed by atoms with Gasteiger partial charge in [-0.3, -0.25) is 0 Å². The van der Waals surface area contributed by atoms with Crippen molar-refractivity contribution in [2.75, 3.05) is 0 Å². The van der Waals surface area contributed by atoms with Gasteiger partial charge in [0.15, 0.2) is 0 Å². The van der Waals surface area contributed by atoms with E-state index < -0.39 is 43.2 Å². The number of halogens is 12. The second-order valence-corrected chi connectivity index (χ2v) is 3.76. The van der Waals surface area contributed by atoms with Crippen LogP contribution in [0.4, 0.5) is 57.5 Å². The summed E-state index contributed by atoms with van der Waals surface area (Å²) < 4.78 is 162. The fourth-order valence-corrected chi connectivity index (χ4v) is 1.15. The minimum Gasteiger partial charge on any atom is -0.368 e. The molecule has 0 spiro atoms. The van der Waals surface area contributed by atoms with E-state index in [4.69, 9.17) is 0 Å². The van der Waals surface area contributed by atoms with Crippen molar-refractivity contribution in [2.24, 2.45) is 0 Å². The number of hydrogen-bond donors (Lipinski definition) is 0. The lowest BCUT2D eigenvalue weighted by Gasteiger charge is -2.32. The van der Waals surface area contributed by atoms with Gasteiger partial charge < -0.3 is 4.74 Å². The van der Waals surface area contributed by atoms with E-state index in [0.717, 1.165) is 0 Å². The zero-order valence-corrected chi connectivity index (χ0v) is 10.5. The minimum absolute atomic E-state index is 2.02. The predicted octanol–water partition coefficient (Wildman–Crippen LogP) is 3.67. The maximum absolute atomic E-state index is 13.7. The molecule has 0 aromatic carbocycles. The first-order valence-corrected chi connectivity index (χ1v) is 5.01. The number of carbonyl (C=O) groups is 1. The molecule has 0 amide bonds. The monoisotopic (exact) mass is 408 g/mol. The summed E-state index contributed by atoms with van der Waals surface area (Å²) in [7, 11) is 0. The molecule has 148 valence electrons. The summed E-state index contributed by atoms with van der Waals surface area (Å²) in [6.07, 6.45) is -29.1. The second-order valence-electron chi connectivity index (χ2n) is 3.76. The molecule has 0 radical (unpaired) electrons. The summed E-state index contributed by atoms with van der Waals surface area (Å²) in [5, 5.41) is 0. The molecule has 0 bridgehead atoms. The van der Waals surface area contributed by atoms with Gasteiger partial charge in [0, 0.05) is 0 Å². The molecule has 0 aliphatic carbocycles. The normalized spacial score (nSPS) is 30.4. The van der Waals surface area contributed by atoms with Gasteiger partial charge in [0.25, 0.3) is 0 Å². The van der Waals surface area contributed by atoms with E-state index in [-0.39, 0.29) is 0 Å². The molecule has 6 nitrogen and oxygen atoms in total. The smallest absolute Gasteiger partial charge is 0.368 e. The van der Waals surface area contributed by atoms with Crippen LogP contribution in [0.1, 0.15) is 0 Å². The Labute approximate surface area is 126 Å². The van der Waals surface area contributed by atoms with E-state index in [1.54, 1.807) is 0 Å². The highest BCUT2D eigenvalue weighted by molar-refractivity contribution is 5.58. The van der Waals surface area contributed by atoms with E-state index in [1.165, 1.54) is 0 Å². The second kappa shape index (κ2) is 5.74. The summed E-state index contributed by atoms with van der Waals surface area (Å²) in [5.41, 5.74) is 0. The first kappa shape index (κ1) is 21.5. The van der Waals surface area contributed by atoms with Crippen molar-refractivity contribution in [2.45, 2.75) is 37.0 Å². The zero-order chi connectivity index (χ0) is 20.1. The number of hydrogen-bond acceptors (Lipinski definition) is 6. The van der Waals surface area contributed by atoms with Crippen LogP contribution in [-0.4, -0.2) is 43.2 Å². The molecule has 0 N–H and O–H groups in total. The lowest BCUT2D eigenvalue weighted by Crippen LogP contribution is -2.58. The van der Waals surface area contributed by atoms with E-state index in [2.05, 4.69) is 14.2 Å². The predicted molar refractivity (Wildman–Crippen MR) is 40.5 cm³/mol. The molecule has 1 aliphatic heterocycles. The highest BCUT2D eigenvalue weighted by Gasteiger charge is 2.82. The summed E-state index contributed by atoms with van der Waals surface area (Å²) in [6.45, 7) is 0. The fourth-order valence-electron chi connectivity index (χ4n) is 1.15. The van der Waals surface area contributed by atoms with Crippen LogP contribution >= 0.6 is 0 Å². The summed E-state index contributed by atoms with van der Waals surface area (Å²) in [6, 6.07) is -12.3. The molecule has 1 rings (SSSR count). The van der Waals surface area contributed by atoms with Crippen LogP contribution in [-0.2, 0) is 23.7 Å². The number of ether oxygens (including phenoxy) is 5. The Morgan fingerprint density at radius 2 is 1.16 bits per heavy atom. The van der Waals surface area contributed by atoms with Gasteiger partial charge in [-0.15, -0.1) is 26.3 Å². The van der Waals surface area contributed by atoms with Crippen LogP contribution in [0.3, 0.4) is 0 Å². The van der Waals surface area contributed by atoms with Crippen molar-refractivity contribution in [3.05, 3.63) is 0 Å². The van der Waals surface area contributed by atoms with Crippen molar-refractivity contribution in [1.29, 1.82) is 0 Å². The van der Waals surface area contributed by atoms with E-state index in [0.29, 0.717) is 0 Å². The van der Waals surface area contributed by atoms with Crippen molar-refractivity contribution < 1.29 is 81.2 Å². The topological polar surface area (TPSA) is 63.2 Å². The molecule has 1 saturated heterocycles. The Hall–Kier alpha value is -1.53. The third kappa shape index (κ3) is 4.55. The molecule has 0 saturated carbocycles. The first-order chi connectivity index (χ1) is 10.7. The molecule has 1 fully saturated rings.